The monoisotopic (exact) mass is 428 g/mol. The molecule has 0 radical (unpaired) electrons. The van der Waals surface area contributed by atoms with E-state index in [1.807, 2.05) is 0 Å². The van der Waals surface area contributed by atoms with Crippen molar-refractivity contribution in [3.05, 3.63) is 58.6 Å². The predicted octanol–water partition coefficient (Wildman–Crippen LogP) is 2.31. The van der Waals surface area contributed by atoms with Crippen LogP contribution in [-0.4, -0.2) is 28.3 Å². The summed E-state index contributed by atoms with van der Waals surface area (Å²) in [5.41, 5.74) is 0.836. The van der Waals surface area contributed by atoms with Gasteiger partial charge in [-0.2, -0.15) is 18.4 Å². The van der Waals surface area contributed by atoms with Gasteiger partial charge in [0.05, 0.1) is 21.3 Å². The molecule has 0 saturated carbocycles. The van der Waals surface area contributed by atoms with Gasteiger partial charge in [-0.15, -0.1) is 0 Å². The first-order valence-electron chi connectivity index (χ1n) is 6.96. The molecule has 0 spiro atoms. The highest BCUT2D eigenvalue weighted by molar-refractivity contribution is 9.10. The Morgan fingerprint density at radius 3 is 2.42 bits per heavy atom. The second-order valence-electron chi connectivity index (χ2n) is 5.17. The van der Waals surface area contributed by atoms with Gasteiger partial charge < -0.3 is 0 Å². The van der Waals surface area contributed by atoms with Crippen LogP contribution in [0, 0.1) is 0 Å². The fraction of sp³-hybridized carbons (Fsp3) is 0.133. The molecule has 9 heteroatoms. The van der Waals surface area contributed by atoms with Gasteiger partial charge in [-0.1, -0.05) is 34.1 Å². The number of benzene rings is 2. The highest BCUT2D eigenvalue weighted by Gasteiger charge is 2.27. The van der Waals surface area contributed by atoms with Crippen molar-refractivity contribution < 1.29 is 16.8 Å². The van der Waals surface area contributed by atoms with Gasteiger partial charge in [0.25, 0.3) is 10.0 Å². The third-order valence-electron chi connectivity index (χ3n) is 3.57. The van der Waals surface area contributed by atoms with Crippen molar-refractivity contribution in [1.82, 2.24) is 4.83 Å². The lowest BCUT2D eigenvalue weighted by atomic mass is 10.1. The molecular formula is C15H13BrN2O4S2. The molecule has 126 valence electrons. The van der Waals surface area contributed by atoms with Crippen LogP contribution in [0.15, 0.2) is 67.9 Å². The first kappa shape index (κ1) is 17.1. The summed E-state index contributed by atoms with van der Waals surface area (Å²) in [5, 5.41) is 3.96. The molecule has 6 nitrogen and oxygen atoms in total. The number of hydrogen-bond donors (Lipinski definition) is 1. The fourth-order valence-corrected chi connectivity index (χ4v) is 4.93. The lowest BCUT2D eigenvalue weighted by Crippen LogP contribution is -2.26. The minimum absolute atomic E-state index is 0.0757. The van der Waals surface area contributed by atoms with Crippen LogP contribution in [0.3, 0.4) is 0 Å². The fourth-order valence-electron chi connectivity index (χ4n) is 2.35. The summed E-state index contributed by atoms with van der Waals surface area (Å²) < 4.78 is 49.5. The van der Waals surface area contributed by atoms with E-state index >= 15 is 0 Å². The number of nitrogens with zero attached hydrogens (tertiary/aromatic N) is 1. The quantitative estimate of drug-likeness (QED) is 0.758. The summed E-state index contributed by atoms with van der Waals surface area (Å²) in [6.45, 7) is 0. The van der Waals surface area contributed by atoms with Gasteiger partial charge in [0, 0.05) is 16.5 Å². The molecule has 2 aromatic rings. The zero-order valence-corrected chi connectivity index (χ0v) is 15.5. The van der Waals surface area contributed by atoms with Gasteiger partial charge in [-0.05, 0) is 30.3 Å². The van der Waals surface area contributed by atoms with Crippen molar-refractivity contribution in [2.24, 2.45) is 5.10 Å². The number of hydrogen-bond acceptors (Lipinski definition) is 5. The number of sulfonamides is 1. The Labute approximate surface area is 148 Å². The summed E-state index contributed by atoms with van der Waals surface area (Å²) in [6.07, 6.45) is 0.155. The second-order valence-corrected chi connectivity index (χ2v) is 9.83. The number of rotatable bonds is 3. The highest BCUT2D eigenvalue weighted by Crippen LogP contribution is 2.25. The number of fused-ring (bicyclic) bond motifs is 1. The standard InChI is InChI=1S/C15H13BrN2O4S2/c16-11-5-7-12(8-6-11)24(21,22)18-17-14-9-10-23(19,20)15-4-2-1-3-13(14)15/h1-8,18H,9-10H2/b17-14-. The van der Waals surface area contributed by atoms with E-state index in [1.54, 1.807) is 30.3 Å². The molecule has 1 aliphatic heterocycles. The maximum atomic E-state index is 12.3. The first-order valence-corrected chi connectivity index (χ1v) is 10.9. The lowest BCUT2D eigenvalue weighted by molar-refractivity contribution is 0.584. The molecule has 3 rings (SSSR count). The molecule has 0 fully saturated rings. The largest absolute Gasteiger partial charge is 0.276 e. The molecule has 1 N–H and O–H groups in total. The van der Waals surface area contributed by atoms with E-state index in [0.29, 0.717) is 11.3 Å². The Morgan fingerprint density at radius 1 is 1.04 bits per heavy atom. The number of nitrogens with one attached hydrogen (secondary N) is 1. The van der Waals surface area contributed by atoms with Crippen LogP contribution in [0.1, 0.15) is 12.0 Å². The molecule has 0 amide bonds. The summed E-state index contributed by atoms with van der Waals surface area (Å²) in [5.74, 6) is -0.0944. The molecule has 0 aliphatic carbocycles. The van der Waals surface area contributed by atoms with Crippen LogP contribution in [0.5, 0.6) is 0 Å². The van der Waals surface area contributed by atoms with Gasteiger partial charge in [-0.25, -0.2) is 8.42 Å². The molecule has 0 unspecified atom stereocenters. The maximum Gasteiger partial charge on any atom is 0.276 e. The summed E-state index contributed by atoms with van der Waals surface area (Å²) in [4.78, 5) is 2.44. The second kappa shape index (κ2) is 6.30. The normalized spacial score (nSPS) is 18.1. The summed E-state index contributed by atoms with van der Waals surface area (Å²) in [7, 11) is -7.16. The van der Waals surface area contributed by atoms with Gasteiger partial charge >= 0.3 is 0 Å². The highest BCUT2D eigenvalue weighted by atomic mass is 79.9. The minimum atomic E-state index is -3.82. The van der Waals surface area contributed by atoms with Crippen molar-refractivity contribution in [2.45, 2.75) is 16.2 Å². The number of halogens is 1. The molecule has 2 aromatic carbocycles. The molecular weight excluding hydrogens is 416 g/mol. The lowest BCUT2D eigenvalue weighted by Gasteiger charge is -2.18. The van der Waals surface area contributed by atoms with E-state index in [-0.39, 0.29) is 22.0 Å². The Bertz CT molecular complexity index is 1010. The third-order valence-corrected chi connectivity index (χ3v) is 7.09. The van der Waals surface area contributed by atoms with Gasteiger partial charge in [0.1, 0.15) is 0 Å². The summed E-state index contributed by atoms with van der Waals surface area (Å²) in [6, 6.07) is 12.6. The molecule has 1 heterocycles. The topological polar surface area (TPSA) is 92.7 Å². The zero-order valence-electron chi connectivity index (χ0n) is 12.3. The van der Waals surface area contributed by atoms with E-state index in [4.69, 9.17) is 0 Å². The van der Waals surface area contributed by atoms with E-state index in [0.717, 1.165) is 4.47 Å². The molecule has 0 bridgehead atoms. The van der Waals surface area contributed by atoms with Crippen LogP contribution in [-0.2, 0) is 19.9 Å². The number of sulfone groups is 1. The molecule has 0 aromatic heterocycles. The van der Waals surface area contributed by atoms with E-state index in [9.17, 15) is 16.8 Å². The van der Waals surface area contributed by atoms with E-state index in [2.05, 4.69) is 25.9 Å². The van der Waals surface area contributed by atoms with Crippen LogP contribution >= 0.6 is 15.9 Å². The van der Waals surface area contributed by atoms with E-state index < -0.39 is 19.9 Å². The van der Waals surface area contributed by atoms with Gasteiger partial charge in [0.15, 0.2) is 9.84 Å². The van der Waals surface area contributed by atoms with E-state index in [1.165, 1.54) is 18.2 Å². The molecule has 1 aliphatic rings. The maximum absolute atomic E-state index is 12.3. The van der Waals surface area contributed by atoms with Gasteiger partial charge in [-0.3, -0.25) is 0 Å². The third kappa shape index (κ3) is 3.38. The van der Waals surface area contributed by atoms with Crippen molar-refractivity contribution in [2.75, 3.05) is 5.75 Å². The smallest absolute Gasteiger partial charge is 0.224 e. The average Bonchev–Trinajstić information content (AvgIpc) is 2.55. The van der Waals surface area contributed by atoms with Crippen LogP contribution in [0.25, 0.3) is 0 Å². The van der Waals surface area contributed by atoms with Crippen molar-refractivity contribution in [3.8, 4) is 0 Å². The minimum Gasteiger partial charge on any atom is -0.224 e. The van der Waals surface area contributed by atoms with Crippen molar-refractivity contribution in [1.29, 1.82) is 0 Å². The predicted molar refractivity (Wildman–Crippen MR) is 94.1 cm³/mol. The van der Waals surface area contributed by atoms with Crippen LogP contribution in [0.4, 0.5) is 0 Å². The van der Waals surface area contributed by atoms with Crippen LogP contribution < -0.4 is 4.83 Å². The van der Waals surface area contributed by atoms with Crippen LogP contribution in [0.2, 0.25) is 0 Å². The first-order chi connectivity index (χ1) is 11.3. The summed E-state index contributed by atoms with van der Waals surface area (Å²) >= 11 is 3.24. The van der Waals surface area contributed by atoms with Crippen molar-refractivity contribution in [3.63, 3.8) is 0 Å². The molecule has 24 heavy (non-hydrogen) atoms. The zero-order chi connectivity index (χ0) is 17.4. The Balaban J connectivity index is 1.94. The Kier molecular flexibility index (Phi) is 4.50. The molecule has 0 saturated heterocycles. The number of hydrazone groups is 1. The Morgan fingerprint density at radius 2 is 1.71 bits per heavy atom. The SMILES string of the molecule is O=S1(=O)CC/C(=N/NS(=O)(=O)c2ccc(Br)cc2)c2ccccc21. The average molecular weight is 429 g/mol. The van der Waals surface area contributed by atoms with Crippen molar-refractivity contribution >= 4 is 41.5 Å². The molecule has 0 atom stereocenters. The van der Waals surface area contributed by atoms with Gasteiger partial charge in [0.2, 0.25) is 0 Å². The Hall–Kier alpha value is -1.71.